The molecule has 0 aromatic carbocycles. The minimum absolute atomic E-state index is 0.0511. The molecule has 2 atom stereocenters. The van der Waals surface area contributed by atoms with Crippen LogP contribution in [0.5, 0.6) is 0 Å². The molecule has 1 saturated heterocycles. The summed E-state index contributed by atoms with van der Waals surface area (Å²) in [5.41, 5.74) is 2.68. The molecule has 2 aliphatic heterocycles. The highest BCUT2D eigenvalue weighted by Crippen LogP contribution is 2.55. The molecule has 2 aromatic heterocycles. The highest BCUT2D eigenvalue weighted by atomic mass is 15.4. The van der Waals surface area contributed by atoms with Crippen molar-refractivity contribution in [1.29, 1.82) is 0 Å². The van der Waals surface area contributed by atoms with Crippen LogP contribution in [0.25, 0.3) is 0 Å². The molecule has 0 radical (unpaired) electrons. The summed E-state index contributed by atoms with van der Waals surface area (Å²) in [6, 6.07) is 8.68. The Morgan fingerprint density at radius 1 is 1.04 bits per heavy atom. The summed E-state index contributed by atoms with van der Waals surface area (Å²) in [5.74, 6) is 2.53. The van der Waals surface area contributed by atoms with Crippen molar-refractivity contribution in [3.8, 4) is 0 Å². The predicted molar refractivity (Wildman–Crippen MR) is 113 cm³/mol. The average molecular weight is 363 g/mol. The number of pyridine rings is 2. The number of nitrogens with zero attached hydrogens (tertiary/aromatic N) is 4. The Balaban J connectivity index is 1.97. The molecule has 0 saturated carbocycles. The van der Waals surface area contributed by atoms with Crippen LogP contribution < -0.4 is 14.2 Å². The zero-order valence-corrected chi connectivity index (χ0v) is 17.7. The first-order valence-corrected chi connectivity index (χ1v) is 10.4. The van der Waals surface area contributed by atoms with Gasteiger partial charge in [0.25, 0.3) is 5.82 Å². The van der Waals surface area contributed by atoms with Gasteiger partial charge in [0.1, 0.15) is 11.4 Å². The zero-order chi connectivity index (χ0) is 19.4. The minimum Gasteiger partial charge on any atom is -0.355 e. The Bertz CT molecular complexity index is 869. The van der Waals surface area contributed by atoms with E-state index in [9.17, 15) is 0 Å². The SMILES string of the molecule is CCC1(C)B2N(c3ncccc3C)CCN2c2c(C)ccc[n+]2C1(C)CC. The van der Waals surface area contributed by atoms with Crippen LogP contribution in [0.2, 0.25) is 5.31 Å². The Morgan fingerprint density at radius 2 is 1.74 bits per heavy atom. The maximum absolute atomic E-state index is 4.80. The fourth-order valence-electron chi connectivity index (χ4n) is 5.60. The Morgan fingerprint density at radius 3 is 2.41 bits per heavy atom. The number of hydrogen-bond donors (Lipinski definition) is 0. The van der Waals surface area contributed by atoms with Crippen LogP contribution in [-0.4, -0.2) is 25.1 Å². The standard InChI is InChI=1S/C22H32BN4/c1-7-21(5)22(6,8-2)25-14-10-12-18(4)20(25)27-16-15-26(23(21)27)19-17(3)11-9-13-24-19/h9-14H,7-8,15-16H2,1-6H3/q+1. The molecule has 4 heterocycles. The van der Waals surface area contributed by atoms with Crippen LogP contribution in [0.3, 0.4) is 0 Å². The average Bonchev–Trinajstić information content (AvgIpc) is 3.11. The smallest absolute Gasteiger partial charge is 0.355 e. The third-order valence-corrected chi connectivity index (χ3v) is 7.62. The van der Waals surface area contributed by atoms with Crippen molar-refractivity contribution in [2.45, 2.75) is 65.2 Å². The van der Waals surface area contributed by atoms with Crippen LogP contribution in [0, 0.1) is 13.8 Å². The summed E-state index contributed by atoms with van der Waals surface area (Å²) in [5, 5.41) is 0.105. The van der Waals surface area contributed by atoms with E-state index in [1.165, 1.54) is 16.9 Å². The number of fused-ring (bicyclic) bond motifs is 3. The second-order valence-corrected chi connectivity index (χ2v) is 8.69. The molecule has 2 aliphatic rings. The number of aromatic nitrogens is 2. The lowest BCUT2D eigenvalue weighted by molar-refractivity contribution is -0.759. The largest absolute Gasteiger partial charge is 0.508 e. The van der Waals surface area contributed by atoms with Crippen molar-refractivity contribution < 1.29 is 4.57 Å². The van der Waals surface area contributed by atoms with Crippen molar-refractivity contribution in [2.75, 3.05) is 22.7 Å². The third kappa shape index (κ3) is 2.30. The Labute approximate surface area is 164 Å². The first kappa shape index (κ1) is 18.3. The number of anilines is 2. The van der Waals surface area contributed by atoms with E-state index in [2.05, 4.69) is 80.1 Å². The summed E-state index contributed by atoms with van der Waals surface area (Å²) in [7, 11) is 0. The van der Waals surface area contributed by atoms with Gasteiger partial charge in [-0.3, -0.25) is 0 Å². The molecular weight excluding hydrogens is 331 g/mol. The number of aryl methyl sites for hydroxylation is 2. The van der Waals surface area contributed by atoms with E-state index in [1.54, 1.807) is 0 Å². The van der Waals surface area contributed by atoms with Gasteiger partial charge in [0.15, 0.2) is 0 Å². The van der Waals surface area contributed by atoms with Gasteiger partial charge in [-0.15, -0.1) is 0 Å². The van der Waals surface area contributed by atoms with Crippen molar-refractivity contribution >= 4 is 18.6 Å². The zero-order valence-electron chi connectivity index (χ0n) is 17.7. The lowest BCUT2D eigenvalue weighted by Crippen LogP contribution is -2.74. The third-order valence-electron chi connectivity index (χ3n) is 7.62. The van der Waals surface area contributed by atoms with Gasteiger partial charge < -0.3 is 9.62 Å². The van der Waals surface area contributed by atoms with Crippen LogP contribution >= 0.6 is 0 Å². The van der Waals surface area contributed by atoms with Gasteiger partial charge in [0.2, 0.25) is 0 Å². The van der Waals surface area contributed by atoms with Crippen LogP contribution in [0.4, 0.5) is 11.6 Å². The first-order valence-electron chi connectivity index (χ1n) is 10.4. The molecule has 27 heavy (non-hydrogen) atoms. The monoisotopic (exact) mass is 363 g/mol. The maximum Gasteiger partial charge on any atom is 0.508 e. The topological polar surface area (TPSA) is 23.3 Å². The molecule has 2 unspecified atom stereocenters. The maximum atomic E-state index is 4.80. The van der Waals surface area contributed by atoms with Gasteiger partial charge in [0.05, 0.1) is 18.1 Å². The lowest BCUT2D eigenvalue weighted by atomic mass is 9.39. The molecule has 142 valence electrons. The van der Waals surface area contributed by atoms with E-state index in [-0.39, 0.29) is 10.9 Å². The fourth-order valence-corrected chi connectivity index (χ4v) is 5.60. The molecule has 0 amide bonds. The Kier molecular flexibility index (Phi) is 4.24. The van der Waals surface area contributed by atoms with E-state index in [4.69, 9.17) is 4.98 Å². The number of hydrogen-bond acceptors (Lipinski definition) is 3. The molecule has 2 aromatic rings. The summed E-state index contributed by atoms with van der Waals surface area (Å²) in [6.07, 6.45) is 6.47. The summed E-state index contributed by atoms with van der Waals surface area (Å²) >= 11 is 0. The van der Waals surface area contributed by atoms with E-state index in [1.807, 2.05) is 12.3 Å². The Hall–Kier alpha value is -2.04. The molecule has 0 aliphatic carbocycles. The molecule has 5 heteroatoms. The van der Waals surface area contributed by atoms with E-state index < -0.39 is 0 Å². The molecular formula is C22H32BN4+. The fraction of sp³-hybridized carbons (Fsp3) is 0.545. The van der Waals surface area contributed by atoms with Crippen LogP contribution in [-0.2, 0) is 5.54 Å². The molecule has 4 rings (SSSR count). The number of rotatable bonds is 3. The van der Waals surface area contributed by atoms with Crippen LogP contribution in [0.15, 0.2) is 36.7 Å². The molecule has 4 nitrogen and oxygen atoms in total. The van der Waals surface area contributed by atoms with E-state index >= 15 is 0 Å². The second-order valence-electron chi connectivity index (χ2n) is 8.69. The molecule has 0 bridgehead atoms. The van der Waals surface area contributed by atoms with Crippen molar-refractivity contribution in [3.63, 3.8) is 0 Å². The van der Waals surface area contributed by atoms with Gasteiger partial charge >= 0.3 is 6.98 Å². The summed E-state index contributed by atoms with van der Waals surface area (Å²) in [6.45, 7) is 16.5. The van der Waals surface area contributed by atoms with Crippen molar-refractivity contribution in [1.82, 2.24) is 4.98 Å². The first-order chi connectivity index (χ1) is 12.9. The highest BCUT2D eigenvalue weighted by molar-refractivity contribution is 6.71. The minimum atomic E-state index is 0.0511. The lowest BCUT2D eigenvalue weighted by Gasteiger charge is -2.51. The predicted octanol–water partition coefficient (Wildman–Crippen LogP) is 4.11. The van der Waals surface area contributed by atoms with Crippen molar-refractivity contribution in [2.24, 2.45) is 0 Å². The van der Waals surface area contributed by atoms with E-state index in [0.717, 1.165) is 31.7 Å². The van der Waals surface area contributed by atoms with Gasteiger partial charge in [-0.05, 0) is 57.4 Å². The molecule has 0 N–H and O–H groups in total. The van der Waals surface area contributed by atoms with E-state index in [0.29, 0.717) is 6.98 Å². The van der Waals surface area contributed by atoms with Crippen molar-refractivity contribution in [3.05, 3.63) is 47.8 Å². The summed E-state index contributed by atoms with van der Waals surface area (Å²) in [4.78, 5) is 10.0. The van der Waals surface area contributed by atoms with Gasteiger partial charge in [0, 0.05) is 18.3 Å². The quantitative estimate of drug-likeness (QED) is 0.606. The molecule has 1 fully saturated rings. The molecule has 0 spiro atoms. The van der Waals surface area contributed by atoms with Crippen LogP contribution in [0.1, 0.15) is 51.7 Å². The second kappa shape index (κ2) is 6.25. The van der Waals surface area contributed by atoms with Gasteiger partial charge in [-0.2, -0.15) is 0 Å². The summed E-state index contributed by atoms with van der Waals surface area (Å²) < 4.78 is 2.57. The van der Waals surface area contributed by atoms with Gasteiger partial charge in [-0.1, -0.05) is 26.8 Å². The van der Waals surface area contributed by atoms with Gasteiger partial charge in [-0.25, -0.2) is 9.55 Å². The highest BCUT2D eigenvalue weighted by Gasteiger charge is 2.69. The normalized spacial score (nSPS) is 27.0.